The van der Waals surface area contributed by atoms with Crippen LogP contribution in [0.4, 0.5) is 5.69 Å². The minimum Gasteiger partial charge on any atom is -0.385 e. The highest BCUT2D eigenvalue weighted by Gasteiger charge is 2.11. The highest BCUT2D eigenvalue weighted by Crippen LogP contribution is 2.25. The Hall–Kier alpha value is -1.81. The van der Waals surface area contributed by atoms with Gasteiger partial charge in [0.05, 0.1) is 0 Å². The molecular formula is C16H22N4. The van der Waals surface area contributed by atoms with Crippen molar-refractivity contribution in [3.63, 3.8) is 0 Å². The Morgan fingerprint density at radius 1 is 1.30 bits per heavy atom. The van der Waals surface area contributed by atoms with Crippen LogP contribution in [0.1, 0.15) is 24.0 Å². The SMILES string of the molecule is c1cc2c(c(CNCCCn3cccn3)c1)NCCC2. The van der Waals surface area contributed by atoms with Crippen molar-refractivity contribution in [2.45, 2.75) is 32.4 Å². The summed E-state index contributed by atoms with van der Waals surface area (Å²) >= 11 is 0. The van der Waals surface area contributed by atoms with Gasteiger partial charge in [-0.2, -0.15) is 5.10 Å². The third-order valence-electron chi connectivity index (χ3n) is 3.78. The molecule has 0 aliphatic carbocycles. The van der Waals surface area contributed by atoms with Gasteiger partial charge in [-0.15, -0.1) is 0 Å². The van der Waals surface area contributed by atoms with E-state index < -0.39 is 0 Å². The maximum Gasteiger partial charge on any atom is 0.0489 e. The molecule has 0 bridgehead atoms. The fourth-order valence-electron chi connectivity index (χ4n) is 2.75. The van der Waals surface area contributed by atoms with E-state index in [0.717, 1.165) is 32.6 Å². The van der Waals surface area contributed by atoms with E-state index in [2.05, 4.69) is 33.9 Å². The standard InChI is InChI=1S/C16H22N4/c1-5-14-7-2-9-18-16(14)15(6-1)13-17-8-3-11-20-12-4-10-19-20/h1,4-6,10,12,17-18H,2-3,7-9,11,13H2. The lowest BCUT2D eigenvalue weighted by molar-refractivity contribution is 0.543. The third kappa shape index (κ3) is 3.20. The highest BCUT2D eigenvalue weighted by atomic mass is 15.3. The average molecular weight is 270 g/mol. The Bertz CT molecular complexity index is 533. The molecule has 1 aromatic heterocycles. The minimum atomic E-state index is 0.940. The first-order valence-corrected chi connectivity index (χ1v) is 7.46. The lowest BCUT2D eigenvalue weighted by Gasteiger charge is -2.21. The van der Waals surface area contributed by atoms with Gasteiger partial charge in [-0.05, 0) is 43.0 Å². The zero-order valence-electron chi connectivity index (χ0n) is 11.8. The van der Waals surface area contributed by atoms with E-state index in [1.165, 1.54) is 29.7 Å². The second kappa shape index (κ2) is 6.57. The Balaban J connectivity index is 1.46. The minimum absolute atomic E-state index is 0.940. The predicted molar refractivity (Wildman–Crippen MR) is 81.8 cm³/mol. The van der Waals surface area contributed by atoms with Crippen molar-refractivity contribution in [3.8, 4) is 0 Å². The Labute approximate surface area is 120 Å². The van der Waals surface area contributed by atoms with Crippen LogP contribution in [0.5, 0.6) is 0 Å². The molecule has 20 heavy (non-hydrogen) atoms. The van der Waals surface area contributed by atoms with Gasteiger partial charge in [0.15, 0.2) is 0 Å². The lowest BCUT2D eigenvalue weighted by Crippen LogP contribution is -2.20. The van der Waals surface area contributed by atoms with Gasteiger partial charge >= 0.3 is 0 Å². The van der Waals surface area contributed by atoms with Crippen LogP contribution in [0.3, 0.4) is 0 Å². The van der Waals surface area contributed by atoms with E-state index in [0.29, 0.717) is 0 Å². The van der Waals surface area contributed by atoms with Crippen LogP contribution in [0.2, 0.25) is 0 Å². The van der Waals surface area contributed by atoms with Gasteiger partial charge in [0.2, 0.25) is 0 Å². The molecule has 4 nitrogen and oxygen atoms in total. The number of rotatable bonds is 6. The molecule has 3 rings (SSSR count). The molecule has 0 atom stereocenters. The number of fused-ring (bicyclic) bond motifs is 1. The molecule has 1 aliphatic heterocycles. The van der Waals surface area contributed by atoms with Gasteiger partial charge in [0, 0.05) is 37.7 Å². The summed E-state index contributed by atoms with van der Waals surface area (Å²) in [6.45, 7) is 4.03. The molecule has 2 heterocycles. The molecule has 4 heteroatoms. The third-order valence-corrected chi connectivity index (χ3v) is 3.78. The van der Waals surface area contributed by atoms with Crippen molar-refractivity contribution in [1.29, 1.82) is 0 Å². The Morgan fingerprint density at radius 2 is 2.30 bits per heavy atom. The molecule has 106 valence electrons. The molecule has 2 N–H and O–H groups in total. The average Bonchev–Trinajstić information content (AvgIpc) is 3.00. The second-order valence-corrected chi connectivity index (χ2v) is 5.28. The first kappa shape index (κ1) is 13.2. The van der Waals surface area contributed by atoms with Crippen molar-refractivity contribution in [2.75, 3.05) is 18.4 Å². The molecule has 0 spiro atoms. The summed E-state index contributed by atoms with van der Waals surface area (Å²) in [5.41, 5.74) is 4.21. The van der Waals surface area contributed by atoms with Crippen molar-refractivity contribution < 1.29 is 0 Å². The summed E-state index contributed by atoms with van der Waals surface area (Å²) in [6, 6.07) is 8.60. The molecule has 0 saturated carbocycles. The van der Waals surface area contributed by atoms with Gasteiger partial charge in [0.25, 0.3) is 0 Å². The number of anilines is 1. The number of nitrogens with zero attached hydrogens (tertiary/aromatic N) is 2. The van der Waals surface area contributed by atoms with E-state index in [1.54, 1.807) is 0 Å². The number of benzene rings is 1. The largest absolute Gasteiger partial charge is 0.385 e. The number of hydrogen-bond donors (Lipinski definition) is 2. The summed E-state index contributed by atoms with van der Waals surface area (Å²) in [4.78, 5) is 0. The second-order valence-electron chi connectivity index (χ2n) is 5.28. The smallest absolute Gasteiger partial charge is 0.0489 e. The molecule has 2 aromatic rings. The van der Waals surface area contributed by atoms with Gasteiger partial charge in [0.1, 0.15) is 0 Å². The fourth-order valence-corrected chi connectivity index (χ4v) is 2.75. The number of aryl methyl sites for hydroxylation is 2. The molecule has 0 amide bonds. The van der Waals surface area contributed by atoms with Crippen LogP contribution in [0.15, 0.2) is 36.7 Å². The van der Waals surface area contributed by atoms with Crippen LogP contribution in [0, 0.1) is 0 Å². The van der Waals surface area contributed by atoms with Crippen LogP contribution in [-0.4, -0.2) is 22.9 Å². The topological polar surface area (TPSA) is 41.9 Å². The predicted octanol–water partition coefficient (Wildman–Crippen LogP) is 2.42. The molecule has 0 unspecified atom stereocenters. The molecule has 0 radical (unpaired) electrons. The summed E-state index contributed by atoms with van der Waals surface area (Å²) in [5.74, 6) is 0. The molecule has 1 aromatic carbocycles. The molecular weight excluding hydrogens is 248 g/mol. The summed E-state index contributed by atoms with van der Waals surface area (Å²) in [7, 11) is 0. The van der Waals surface area contributed by atoms with Crippen molar-refractivity contribution in [3.05, 3.63) is 47.8 Å². The van der Waals surface area contributed by atoms with Crippen LogP contribution >= 0.6 is 0 Å². The van der Waals surface area contributed by atoms with E-state index in [1.807, 2.05) is 23.1 Å². The Kier molecular flexibility index (Phi) is 4.33. The first-order valence-electron chi connectivity index (χ1n) is 7.46. The summed E-state index contributed by atoms with van der Waals surface area (Å²) in [6.07, 6.45) is 7.39. The van der Waals surface area contributed by atoms with Crippen molar-refractivity contribution in [1.82, 2.24) is 15.1 Å². The van der Waals surface area contributed by atoms with Crippen LogP contribution in [-0.2, 0) is 19.5 Å². The zero-order valence-corrected chi connectivity index (χ0v) is 11.8. The number of para-hydroxylation sites is 1. The van der Waals surface area contributed by atoms with Crippen molar-refractivity contribution >= 4 is 5.69 Å². The van der Waals surface area contributed by atoms with E-state index in [9.17, 15) is 0 Å². The quantitative estimate of drug-likeness (QED) is 0.792. The maximum absolute atomic E-state index is 4.21. The normalized spacial score (nSPS) is 13.8. The van der Waals surface area contributed by atoms with Gasteiger partial charge in [-0.25, -0.2) is 0 Å². The van der Waals surface area contributed by atoms with Crippen LogP contribution in [0.25, 0.3) is 0 Å². The zero-order chi connectivity index (χ0) is 13.6. The van der Waals surface area contributed by atoms with E-state index >= 15 is 0 Å². The fraction of sp³-hybridized carbons (Fsp3) is 0.438. The van der Waals surface area contributed by atoms with Crippen molar-refractivity contribution in [2.24, 2.45) is 0 Å². The monoisotopic (exact) mass is 270 g/mol. The molecule has 1 aliphatic rings. The number of hydrogen-bond acceptors (Lipinski definition) is 3. The van der Waals surface area contributed by atoms with Gasteiger partial charge in [-0.1, -0.05) is 18.2 Å². The molecule has 0 fully saturated rings. The summed E-state index contributed by atoms with van der Waals surface area (Å²) in [5, 5.41) is 11.3. The van der Waals surface area contributed by atoms with Gasteiger partial charge in [-0.3, -0.25) is 4.68 Å². The number of aromatic nitrogens is 2. The van der Waals surface area contributed by atoms with E-state index in [4.69, 9.17) is 0 Å². The van der Waals surface area contributed by atoms with E-state index in [-0.39, 0.29) is 0 Å². The Morgan fingerprint density at radius 3 is 3.20 bits per heavy atom. The summed E-state index contributed by atoms with van der Waals surface area (Å²) < 4.78 is 1.98. The maximum atomic E-state index is 4.21. The lowest BCUT2D eigenvalue weighted by atomic mass is 9.99. The van der Waals surface area contributed by atoms with Gasteiger partial charge < -0.3 is 10.6 Å². The van der Waals surface area contributed by atoms with Crippen LogP contribution < -0.4 is 10.6 Å². The first-order chi connectivity index (χ1) is 9.93. The highest BCUT2D eigenvalue weighted by molar-refractivity contribution is 5.59. The number of nitrogens with one attached hydrogen (secondary N) is 2. The molecule has 0 saturated heterocycles.